The highest BCUT2D eigenvalue weighted by Gasteiger charge is 2.20. The highest BCUT2D eigenvalue weighted by atomic mass is 35.5. The molecule has 0 radical (unpaired) electrons. The van der Waals surface area contributed by atoms with Crippen molar-refractivity contribution in [2.75, 3.05) is 42.9 Å². The van der Waals surface area contributed by atoms with Gasteiger partial charge in [0.2, 0.25) is 0 Å². The fourth-order valence-electron chi connectivity index (χ4n) is 3.36. The highest BCUT2D eigenvalue weighted by molar-refractivity contribution is 6.31. The molecule has 1 N–H and O–H groups in total. The molecule has 0 bridgehead atoms. The Bertz CT molecular complexity index is 798. The molecule has 0 atom stereocenters. The molecule has 2 aromatic carbocycles. The van der Waals surface area contributed by atoms with Gasteiger partial charge in [0.05, 0.1) is 11.4 Å². The van der Waals surface area contributed by atoms with Crippen LogP contribution < -0.4 is 10.2 Å². The summed E-state index contributed by atoms with van der Waals surface area (Å²) in [6.45, 7) is 11.2. The second kappa shape index (κ2) is 8.11. The quantitative estimate of drug-likeness (QED) is 0.867. The summed E-state index contributed by atoms with van der Waals surface area (Å²) in [5.41, 5.74) is 4.54. The van der Waals surface area contributed by atoms with Crippen LogP contribution in [0.4, 0.5) is 11.4 Å². The van der Waals surface area contributed by atoms with Crippen molar-refractivity contribution in [3.05, 3.63) is 58.1 Å². The van der Waals surface area contributed by atoms with Crippen molar-refractivity contribution in [2.24, 2.45) is 0 Å². The summed E-state index contributed by atoms with van der Waals surface area (Å²) in [6, 6.07) is 11.7. The summed E-state index contributed by atoms with van der Waals surface area (Å²) in [6.07, 6.45) is 0. The van der Waals surface area contributed by atoms with Crippen LogP contribution in [0.3, 0.4) is 0 Å². The van der Waals surface area contributed by atoms with Gasteiger partial charge < -0.3 is 15.1 Å². The van der Waals surface area contributed by atoms with Gasteiger partial charge in [-0.05, 0) is 50.2 Å². The van der Waals surface area contributed by atoms with E-state index in [-0.39, 0.29) is 5.91 Å². The van der Waals surface area contributed by atoms with E-state index in [0.29, 0.717) is 10.6 Å². The molecule has 5 heteroatoms. The molecule has 3 rings (SSSR count). The number of benzene rings is 2. The fourth-order valence-corrected chi connectivity index (χ4v) is 3.53. The van der Waals surface area contributed by atoms with Crippen LogP contribution in [0.25, 0.3) is 0 Å². The zero-order valence-corrected chi connectivity index (χ0v) is 16.4. The fraction of sp³-hybridized carbons (Fsp3) is 0.381. The summed E-state index contributed by atoms with van der Waals surface area (Å²) >= 11 is 6.21. The van der Waals surface area contributed by atoms with Gasteiger partial charge in [-0.1, -0.05) is 36.2 Å². The Morgan fingerprint density at radius 2 is 1.81 bits per heavy atom. The molecule has 26 heavy (non-hydrogen) atoms. The molecular weight excluding hydrogens is 346 g/mol. The molecule has 0 aromatic heterocycles. The lowest BCUT2D eigenvalue weighted by molar-refractivity contribution is 0.102. The molecule has 0 saturated carbocycles. The van der Waals surface area contributed by atoms with Gasteiger partial charge in [0.15, 0.2) is 0 Å². The second-order valence-corrected chi connectivity index (χ2v) is 7.29. The number of rotatable bonds is 4. The average molecular weight is 372 g/mol. The molecule has 4 nitrogen and oxygen atoms in total. The smallest absolute Gasteiger partial charge is 0.255 e. The SMILES string of the molecule is CCN1CCN(c2ccc(Cl)cc2NC(=O)c2cc(C)ccc2C)CC1. The molecule has 1 fully saturated rings. The van der Waals surface area contributed by atoms with Gasteiger partial charge >= 0.3 is 0 Å². The largest absolute Gasteiger partial charge is 0.367 e. The number of carbonyl (C=O) groups excluding carboxylic acids is 1. The van der Waals surface area contributed by atoms with Crippen LogP contribution in [-0.2, 0) is 0 Å². The van der Waals surface area contributed by atoms with Crippen LogP contribution >= 0.6 is 11.6 Å². The first-order valence-corrected chi connectivity index (χ1v) is 9.51. The van der Waals surface area contributed by atoms with E-state index < -0.39 is 0 Å². The Morgan fingerprint density at radius 1 is 1.08 bits per heavy atom. The number of carbonyl (C=O) groups is 1. The molecule has 0 unspecified atom stereocenters. The normalized spacial score (nSPS) is 15.2. The van der Waals surface area contributed by atoms with Crippen LogP contribution in [0.1, 0.15) is 28.4 Å². The topological polar surface area (TPSA) is 35.6 Å². The first-order chi connectivity index (χ1) is 12.5. The van der Waals surface area contributed by atoms with E-state index in [1.54, 1.807) is 0 Å². The minimum Gasteiger partial charge on any atom is -0.367 e. The van der Waals surface area contributed by atoms with Gasteiger partial charge in [0, 0.05) is 36.8 Å². The Balaban J connectivity index is 1.84. The van der Waals surface area contributed by atoms with Crippen molar-refractivity contribution in [1.82, 2.24) is 4.90 Å². The molecule has 1 aliphatic rings. The lowest BCUT2D eigenvalue weighted by Crippen LogP contribution is -2.46. The minimum atomic E-state index is -0.0955. The maximum absolute atomic E-state index is 12.9. The van der Waals surface area contributed by atoms with Crippen LogP contribution in [0.5, 0.6) is 0 Å². The Morgan fingerprint density at radius 3 is 2.50 bits per heavy atom. The van der Waals surface area contributed by atoms with Crippen LogP contribution in [-0.4, -0.2) is 43.5 Å². The number of anilines is 2. The van der Waals surface area contributed by atoms with Crippen molar-refractivity contribution in [1.29, 1.82) is 0 Å². The number of amides is 1. The van der Waals surface area contributed by atoms with Crippen molar-refractivity contribution in [2.45, 2.75) is 20.8 Å². The number of hydrogen-bond donors (Lipinski definition) is 1. The average Bonchev–Trinajstić information content (AvgIpc) is 2.64. The number of likely N-dealkylation sites (N-methyl/N-ethyl adjacent to an activating group) is 1. The lowest BCUT2D eigenvalue weighted by Gasteiger charge is -2.36. The molecule has 0 spiro atoms. The zero-order chi connectivity index (χ0) is 18.7. The van der Waals surface area contributed by atoms with Gasteiger partial charge in [0.1, 0.15) is 0 Å². The van der Waals surface area contributed by atoms with Crippen LogP contribution in [0, 0.1) is 13.8 Å². The third kappa shape index (κ3) is 4.19. The summed E-state index contributed by atoms with van der Waals surface area (Å²) in [7, 11) is 0. The number of nitrogens with one attached hydrogen (secondary N) is 1. The van der Waals surface area contributed by atoms with E-state index in [4.69, 9.17) is 11.6 Å². The highest BCUT2D eigenvalue weighted by Crippen LogP contribution is 2.30. The van der Waals surface area contributed by atoms with E-state index in [9.17, 15) is 4.79 Å². The summed E-state index contributed by atoms with van der Waals surface area (Å²) < 4.78 is 0. The standard InChI is InChI=1S/C21H26ClN3O/c1-4-24-9-11-25(12-10-24)20-8-7-17(22)14-19(20)23-21(26)18-13-15(2)5-6-16(18)3/h5-8,13-14H,4,9-12H2,1-3H3,(H,23,26). The number of nitrogens with zero attached hydrogens (tertiary/aromatic N) is 2. The van der Waals surface area contributed by atoms with Gasteiger partial charge in [-0.3, -0.25) is 4.79 Å². The number of piperazine rings is 1. The van der Waals surface area contributed by atoms with Crippen molar-refractivity contribution >= 4 is 28.9 Å². The molecule has 1 amide bonds. The predicted molar refractivity (Wildman–Crippen MR) is 110 cm³/mol. The maximum atomic E-state index is 12.9. The first kappa shape index (κ1) is 18.7. The third-order valence-corrected chi connectivity index (χ3v) is 5.24. The summed E-state index contributed by atoms with van der Waals surface area (Å²) in [4.78, 5) is 17.6. The van der Waals surface area contributed by atoms with Crippen molar-refractivity contribution < 1.29 is 4.79 Å². The Hall–Kier alpha value is -2.04. The van der Waals surface area contributed by atoms with Crippen molar-refractivity contribution in [3.63, 3.8) is 0 Å². The van der Waals surface area contributed by atoms with E-state index in [1.165, 1.54) is 0 Å². The van der Waals surface area contributed by atoms with E-state index in [1.807, 2.05) is 50.2 Å². The van der Waals surface area contributed by atoms with E-state index in [2.05, 4.69) is 22.0 Å². The molecular formula is C21H26ClN3O. The van der Waals surface area contributed by atoms with Crippen LogP contribution in [0.15, 0.2) is 36.4 Å². The first-order valence-electron chi connectivity index (χ1n) is 9.13. The van der Waals surface area contributed by atoms with Gasteiger partial charge in [0.25, 0.3) is 5.91 Å². The van der Waals surface area contributed by atoms with Gasteiger partial charge in [-0.15, -0.1) is 0 Å². The lowest BCUT2D eigenvalue weighted by atomic mass is 10.0. The zero-order valence-electron chi connectivity index (χ0n) is 15.7. The second-order valence-electron chi connectivity index (χ2n) is 6.86. The number of hydrogen-bond acceptors (Lipinski definition) is 3. The summed E-state index contributed by atoms with van der Waals surface area (Å²) in [5, 5.41) is 3.70. The Kier molecular flexibility index (Phi) is 5.84. The molecule has 138 valence electrons. The molecule has 2 aromatic rings. The van der Waals surface area contributed by atoms with Gasteiger partial charge in [-0.25, -0.2) is 0 Å². The predicted octanol–water partition coefficient (Wildman–Crippen LogP) is 4.35. The minimum absolute atomic E-state index is 0.0955. The third-order valence-electron chi connectivity index (χ3n) is 5.00. The maximum Gasteiger partial charge on any atom is 0.255 e. The Labute approximate surface area is 160 Å². The number of halogens is 1. The van der Waals surface area contributed by atoms with Gasteiger partial charge in [-0.2, -0.15) is 0 Å². The number of aryl methyl sites for hydroxylation is 2. The van der Waals surface area contributed by atoms with Crippen LogP contribution in [0.2, 0.25) is 5.02 Å². The monoisotopic (exact) mass is 371 g/mol. The molecule has 1 saturated heterocycles. The molecule has 1 heterocycles. The molecule has 1 aliphatic heterocycles. The van der Waals surface area contributed by atoms with E-state index >= 15 is 0 Å². The molecule has 0 aliphatic carbocycles. The van der Waals surface area contributed by atoms with Crippen molar-refractivity contribution in [3.8, 4) is 0 Å². The summed E-state index contributed by atoms with van der Waals surface area (Å²) in [5.74, 6) is -0.0955. The van der Waals surface area contributed by atoms with E-state index in [0.717, 1.165) is 55.2 Å².